The van der Waals surface area contributed by atoms with E-state index < -0.39 is 5.24 Å². The Morgan fingerprint density at radius 2 is 2.25 bits per heavy atom. The molecule has 0 aliphatic carbocycles. The van der Waals surface area contributed by atoms with Crippen molar-refractivity contribution in [2.75, 3.05) is 0 Å². The Hall–Kier alpha value is -0.560. The predicted octanol–water partition coefficient (Wildman–Crippen LogP) is 1.88. The summed E-state index contributed by atoms with van der Waals surface area (Å²) < 4.78 is 0. The van der Waals surface area contributed by atoms with E-state index in [1.807, 2.05) is 0 Å². The number of hydrogen-bond acceptors (Lipinski definition) is 1. The molecular weight excluding hydrogens is 124 g/mol. The fraction of sp³-hybridized carbons (Fsp3) is 0.167. The van der Waals surface area contributed by atoms with Crippen molar-refractivity contribution in [3.8, 4) is 0 Å². The molecule has 0 rings (SSSR count). The lowest BCUT2D eigenvalue weighted by atomic mass is 10.3. The smallest absolute Gasteiger partial charge is 0.245 e. The van der Waals surface area contributed by atoms with Crippen LogP contribution in [0.3, 0.4) is 0 Å². The van der Waals surface area contributed by atoms with Gasteiger partial charge in [0.2, 0.25) is 5.24 Å². The highest BCUT2D eigenvalue weighted by Gasteiger charge is 1.85. The highest BCUT2D eigenvalue weighted by Crippen LogP contribution is 1.93. The number of allylic oxidation sites excluding steroid dienone is 3. The van der Waals surface area contributed by atoms with Gasteiger partial charge in [0.15, 0.2) is 0 Å². The van der Waals surface area contributed by atoms with Gasteiger partial charge in [-0.05, 0) is 24.1 Å². The minimum Gasteiger partial charge on any atom is -0.276 e. The summed E-state index contributed by atoms with van der Waals surface area (Å²) in [6, 6.07) is 0. The van der Waals surface area contributed by atoms with Gasteiger partial charge in [-0.15, -0.1) is 0 Å². The molecule has 0 fully saturated rings. The molecule has 0 unspecified atom stereocenters. The third-order valence-corrected chi connectivity index (χ3v) is 0.772. The first kappa shape index (κ1) is 7.44. The van der Waals surface area contributed by atoms with Crippen molar-refractivity contribution in [1.29, 1.82) is 0 Å². The standard InChI is InChI=1S/C6H7ClO/c1-3-5(2)4-6(7)8/h3-4H,1H2,2H3/b5-4-. The van der Waals surface area contributed by atoms with Gasteiger partial charge in [-0.25, -0.2) is 0 Å². The van der Waals surface area contributed by atoms with Crippen molar-refractivity contribution in [2.45, 2.75) is 6.92 Å². The van der Waals surface area contributed by atoms with Gasteiger partial charge in [0.05, 0.1) is 0 Å². The molecule has 0 saturated heterocycles. The van der Waals surface area contributed by atoms with Crippen molar-refractivity contribution in [2.24, 2.45) is 0 Å². The maximum atomic E-state index is 10.1. The molecule has 0 bridgehead atoms. The molecular formula is C6H7ClO. The van der Waals surface area contributed by atoms with Gasteiger partial charge in [-0.2, -0.15) is 0 Å². The Balaban J connectivity index is 3.94. The van der Waals surface area contributed by atoms with E-state index in [1.165, 1.54) is 6.08 Å². The third-order valence-electron chi connectivity index (χ3n) is 0.663. The second-order valence-corrected chi connectivity index (χ2v) is 1.77. The summed E-state index contributed by atoms with van der Waals surface area (Å²) in [6.07, 6.45) is 2.88. The lowest BCUT2D eigenvalue weighted by molar-refractivity contribution is -0.107. The van der Waals surface area contributed by atoms with Crippen LogP contribution in [0.1, 0.15) is 6.92 Å². The molecule has 0 aromatic heterocycles. The van der Waals surface area contributed by atoms with Crippen LogP contribution in [0.5, 0.6) is 0 Å². The molecule has 0 atom stereocenters. The predicted molar refractivity (Wildman–Crippen MR) is 34.8 cm³/mol. The number of carbonyl (C=O) groups is 1. The zero-order valence-electron chi connectivity index (χ0n) is 4.65. The first-order chi connectivity index (χ1) is 3.66. The maximum Gasteiger partial charge on any atom is 0.245 e. The fourth-order valence-corrected chi connectivity index (χ4v) is 0.410. The minimum absolute atomic E-state index is 0.456. The molecule has 0 aromatic rings. The summed E-state index contributed by atoms with van der Waals surface area (Å²) in [5.41, 5.74) is 0.782. The number of rotatable bonds is 2. The molecule has 0 aliphatic rings. The van der Waals surface area contributed by atoms with Crippen molar-refractivity contribution in [1.82, 2.24) is 0 Å². The van der Waals surface area contributed by atoms with Crippen molar-refractivity contribution in [3.05, 3.63) is 24.3 Å². The lowest BCUT2D eigenvalue weighted by Gasteiger charge is -1.81. The van der Waals surface area contributed by atoms with Crippen LogP contribution in [-0.2, 0) is 4.79 Å². The number of halogens is 1. The highest BCUT2D eigenvalue weighted by molar-refractivity contribution is 6.66. The van der Waals surface area contributed by atoms with Gasteiger partial charge in [0.25, 0.3) is 0 Å². The normalized spacial score (nSPS) is 11.0. The SMILES string of the molecule is C=C/C(C)=C\C(=O)Cl. The van der Waals surface area contributed by atoms with E-state index in [-0.39, 0.29) is 0 Å². The first-order valence-corrected chi connectivity index (χ1v) is 2.55. The van der Waals surface area contributed by atoms with Crippen LogP contribution in [0.15, 0.2) is 24.3 Å². The second-order valence-electron chi connectivity index (χ2n) is 1.40. The van der Waals surface area contributed by atoms with Crippen LogP contribution in [0.4, 0.5) is 0 Å². The van der Waals surface area contributed by atoms with Crippen LogP contribution < -0.4 is 0 Å². The van der Waals surface area contributed by atoms with Crippen LogP contribution in [0.2, 0.25) is 0 Å². The van der Waals surface area contributed by atoms with Gasteiger partial charge in [0.1, 0.15) is 0 Å². The summed E-state index contributed by atoms with van der Waals surface area (Å²) in [6.45, 7) is 5.19. The molecule has 0 aromatic carbocycles. The third kappa shape index (κ3) is 3.62. The Morgan fingerprint density at radius 3 is 2.38 bits per heavy atom. The van der Waals surface area contributed by atoms with Crippen LogP contribution in [-0.4, -0.2) is 5.24 Å². The lowest BCUT2D eigenvalue weighted by Crippen LogP contribution is -1.77. The average molecular weight is 131 g/mol. The van der Waals surface area contributed by atoms with Crippen molar-refractivity contribution >= 4 is 16.8 Å². The summed E-state index contributed by atoms with van der Waals surface area (Å²) >= 11 is 4.99. The average Bonchev–Trinajstić information content (AvgIpc) is 1.65. The molecule has 0 radical (unpaired) electrons. The van der Waals surface area contributed by atoms with Gasteiger partial charge in [-0.1, -0.05) is 12.7 Å². The van der Waals surface area contributed by atoms with Crippen LogP contribution in [0.25, 0.3) is 0 Å². The van der Waals surface area contributed by atoms with E-state index in [1.54, 1.807) is 13.0 Å². The molecule has 0 spiro atoms. The van der Waals surface area contributed by atoms with Gasteiger partial charge in [-0.3, -0.25) is 4.79 Å². The van der Waals surface area contributed by atoms with Gasteiger partial charge < -0.3 is 0 Å². The van der Waals surface area contributed by atoms with E-state index in [0.717, 1.165) is 5.57 Å². The van der Waals surface area contributed by atoms with Crippen molar-refractivity contribution < 1.29 is 4.79 Å². The summed E-state index contributed by atoms with van der Waals surface area (Å²) in [7, 11) is 0. The summed E-state index contributed by atoms with van der Waals surface area (Å²) in [5, 5.41) is -0.456. The van der Waals surface area contributed by atoms with Gasteiger partial charge >= 0.3 is 0 Å². The molecule has 2 heteroatoms. The molecule has 0 amide bonds. The van der Waals surface area contributed by atoms with Gasteiger partial charge in [0, 0.05) is 6.08 Å². The van der Waals surface area contributed by atoms with Crippen molar-refractivity contribution in [3.63, 3.8) is 0 Å². The quantitative estimate of drug-likeness (QED) is 0.317. The molecule has 8 heavy (non-hydrogen) atoms. The van der Waals surface area contributed by atoms with E-state index in [4.69, 9.17) is 11.6 Å². The largest absolute Gasteiger partial charge is 0.276 e. The first-order valence-electron chi connectivity index (χ1n) is 2.17. The maximum absolute atomic E-state index is 10.1. The topological polar surface area (TPSA) is 17.1 Å². The molecule has 0 N–H and O–H groups in total. The highest BCUT2D eigenvalue weighted by atomic mass is 35.5. The van der Waals surface area contributed by atoms with Crippen LogP contribution in [0, 0.1) is 0 Å². The van der Waals surface area contributed by atoms with Crippen LogP contribution >= 0.6 is 11.6 Å². The van der Waals surface area contributed by atoms with E-state index in [9.17, 15) is 4.79 Å². The van der Waals surface area contributed by atoms with E-state index >= 15 is 0 Å². The Kier molecular flexibility index (Phi) is 3.20. The zero-order chi connectivity index (χ0) is 6.57. The molecule has 0 saturated carbocycles. The minimum atomic E-state index is -0.456. The van der Waals surface area contributed by atoms with E-state index in [0.29, 0.717) is 0 Å². The molecule has 0 aliphatic heterocycles. The zero-order valence-corrected chi connectivity index (χ0v) is 5.40. The summed E-state index contributed by atoms with van der Waals surface area (Å²) in [5.74, 6) is 0. The second kappa shape index (κ2) is 3.44. The Labute approximate surface area is 53.6 Å². The number of carbonyl (C=O) groups excluding carboxylic acids is 1. The Bertz CT molecular complexity index is 135. The monoisotopic (exact) mass is 130 g/mol. The fourth-order valence-electron chi connectivity index (χ4n) is 0.238. The summed E-state index contributed by atoms with van der Waals surface area (Å²) in [4.78, 5) is 10.1. The molecule has 1 nitrogen and oxygen atoms in total. The Morgan fingerprint density at radius 1 is 1.75 bits per heavy atom. The number of hydrogen-bond donors (Lipinski definition) is 0. The molecule has 0 heterocycles. The molecule has 44 valence electrons. The van der Waals surface area contributed by atoms with E-state index in [2.05, 4.69) is 6.58 Å².